The van der Waals surface area contributed by atoms with Crippen LogP contribution in [0.25, 0.3) is 0 Å². The van der Waals surface area contributed by atoms with Crippen LogP contribution in [-0.2, 0) is 17.9 Å². The molecule has 0 aliphatic rings. The largest absolute Gasteiger partial charge is 0.484 e. The first-order chi connectivity index (χ1) is 14.9. The van der Waals surface area contributed by atoms with Gasteiger partial charge in [0.05, 0.1) is 12.6 Å². The zero-order chi connectivity index (χ0) is 23.8. The fourth-order valence-electron chi connectivity index (χ4n) is 2.57. The van der Waals surface area contributed by atoms with Gasteiger partial charge in [0.25, 0.3) is 0 Å². The fraction of sp³-hybridized carbons (Fsp3) is 0.381. The molecule has 0 aliphatic heterocycles. The Morgan fingerprint density at radius 1 is 0.875 bits per heavy atom. The molecule has 0 radical (unpaired) electrons. The maximum atomic E-state index is 12.2. The van der Waals surface area contributed by atoms with Crippen molar-refractivity contribution < 1.29 is 40.6 Å². The summed E-state index contributed by atoms with van der Waals surface area (Å²) in [5.74, 6) is 0.0648. The summed E-state index contributed by atoms with van der Waals surface area (Å²) in [7, 11) is 0. The number of carbonyl (C=O) groups is 1. The number of alkyl halides is 6. The van der Waals surface area contributed by atoms with Crippen LogP contribution < -0.4 is 15.4 Å². The smallest absolute Gasteiger partial charge is 0.422 e. The molecule has 1 atom stereocenters. The normalized spacial score (nSPS) is 12.8. The van der Waals surface area contributed by atoms with Crippen LogP contribution in [0.3, 0.4) is 0 Å². The van der Waals surface area contributed by atoms with Gasteiger partial charge in [0.2, 0.25) is 0 Å². The number of ether oxygens (including phenoxy) is 2. The van der Waals surface area contributed by atoms with Gasteiger partial charge in [0, 0.05) is 6.54 Å². The van der Waals surface area contributed by atoms with E-state index in [1.165, 1.54) is 12.1 Å². The number of hydrogen-bond donors (Lipinski definition) is 2. The minimum atomic E-state index is -4.42. The third kappa shape index (κ3) is 9.90. The van der Waals surface area contributed by atoms with E-state index < -0.39 is 37.6 Å². The van der Waals surface area contributed by atoms with Crippen LogP contribution >= 0.6 is 0 Å². The van der Waals surface area contributed by atoms with Crippen molar-refractivity contribution in [2.24, 2.45) is 0 Å². The second-order valence-corrected chi connectivity index (χ2v) is 6.95. The number of nitrogens with one attached hydrogen (secondary N) is 2. The van der Waals surface area contributed by atoms with Crippen molar-refractivity contribution >= 4 is 6.03 Å². The lowest BCUT2D eigenvalue weighted by Gasteiger charge is -2.16. The molecule has 5 nitrogen and oxygen atoms in total. The summed E-state index contributed by atoms with van der Waals surface area (Å²) in [4.78, 5) is 12.1. The summed E-state index contributed by atoms with van der Waals surface area (Å²) in [5.41, 5.74) is 1.97. The van der Waals surface area contributed by atoms with Crippen molar-refractivity contribution in [3.8, 4) is 5.75 Å². The summed E-state index contributed by atoms with van der Waals surface area (Å²) in [6, 6.07) is 11.5. The molecule has 2 aromatic rings. The lowest BCUT2D eigenvalue weighted by Crippen LogP contribution is -2.36. The van der Waals surface area contributed by atoms with Crippen LogP contribution in [0, 0.1) is 0 Å². The highest BCUT2D eigenvalue weighted by Gasteiger charge is 2.28. The molecular formula is C21H22F6N2O3. The number of amides is 2. The standard InChI is InChI=1S/C21H22F6N2O3/c1-14(17-6-8-18(9-7-17)32-13-21(25,26)27)29-19(30)28-10-15-2-4-16(5-3-15)11-31-12-20(22,23)24/h2-9,14H,10-13H2,1H3,(H2,28,29,30). The van der Waals surface area contributed by atoms with E-state index in [1.807, 2.05) is 0 Å². The summed E-state index contributed by atoms with van der Waals surface area (Å²) in [5, 5.41) is 5.35. The Morgan fingerprint density at radius 3 is 2.00 bits per heavy atom. The summed E-state index contributed by atoms with van der Waals surface area (Å²) < 4.78 is 82.0. The fourth-order valence-corrected chi connectivity index (χ4v) is 2.57. The molecule has 0 aromatic heterocycles. The molecule has 32 heavy (non-hydrogen) atoms. The second-order valence-electron chi connectivity index (χ2n) is 6.95. The van der Waals surface area contributed by atoms with E-state index >= 15 is 0 Å². The van der Waals surface area contributed by atoms with Crippen molar-refractivity contribution in [3.63, 3.8) is 0 Å². The summed E-state index contributed by atoms with van der Waals surface area (Å²) in [6.45, 7) is -0.985. The van der Waals surface area contributed by atoms with Crippen LogP contribution in [0.15, 0.2) is 48.5 Å². The molecule has 0 heterocycles. The molecule has 11 heteroatoms. The first-order valence-electron chi connectivity index (χ1n) is 9.47. The highest BCUT2D eigenvalue weighted by Crippen LogP contribution is 2.21. The van der Waals surface area contributed by atoms with Gasteiger partial charge in [-0.25, -0.2) is 4.79 Å². The monoisotopic (exact) mass is 464 g/mol. The van der Waals surface area contributed by atoms with E-state index in [0.29, 0.717) is 11.1 Å². The molecule has 0 saturated carbocycles. The van der Waals surface area contributed by atoms with Gasteiger partial charge in [-0.1, -0.05) is 36.4 Å². The van der Waals surface area contributed by atoms with Gasteiger partial charge in [0.15, 0.2) is 6.61 Å². The van der Waals surface area contributed by atoms with E-state index in [9.17, 15) is 31.1 Å². The average molecular weight is 464 g/mol. The Morgan fingerprint density at radius 2 is 1.44 bits per heavy atom. The maximum absolute atomic E-state index is 12.2. The molecular weight excluding hydrogens is 442 g/mol. The molecule has 1 unspecified atom stereocenters. The third-order valence-electron chi connectivity index (χ3n) is 4.14. The predicted octanol–water partition coefficient (Wildman–Crippen LogP) is 5.27. The quantitative estimate of drug-likeness (QED) is 0.498. The van der Waals surface area contributed by atoms with Crippen LogP contribution in [0.5, 0.6) is 5.75 Å². The van der Waals surface area contributed by atoms with Crippen LogP contribution in [-0.4, -0.2) is 31.6 Å². The zero-order valence-electron chi connectivity index (χ0n) is 17.0. The molecule has 2 rings (SSSR count). The number of halogens is 6. The van der Waals surface area contributed by atoms with E-state index in [0.717, 1.165) is 5.56 Å². The molecule has 0 aliphatic carbocycles. The van der Waals surface area contributed by atoms with E-state index in [2.05, 4.69) is 20.1 Å². The number of carbonyl (C=O) groups excluding carboxylic acids is 1. The molecule has 2 aromatic carbocycles. The summed E-state index contributed by atoms with van der Waals surface area (Å²) >= 11 is 0. The average Bonchev–Trinajstić information content (AvgIpc) is 2.70. The van der Waals surface area contributed by atoms with Gasteiger partial charge in [-0.2, -0.15) is 26.3 Å². The van der Waals surface area contributed by atoms with Crippen LogP contribution in [0.1, 0.15) is 29.7 Å². The topological polar surface area (TPSA) is 59.6 Å². The van der Waals surface area contributed by atoms with Crippen molar-refractivity contribution in [2.45, 2.75) is 38.5 Å². The van der Waals surface area contributed by atoms with Crippen LogP contribution in [0.4, 0.5) is 31.1 Å². The number of hydrogen-bond acceptors (Lipinski definition) is 3. The van der Waals surface area contributed by atoms with E-state index in [4.69, 9.17) is 0 Å². The Bertz CT molecular complexity index is 852. The van der Waals surface area contributed by atoms with E-state index in [-0.39, 0.29) is 18.9 Å². The minimum Gasteiger partial charge on any atom is -0.484 e. The van der Waals surface area contributed by atoms with Crippen molar-refractivity contribution in [2.75, 3.05) is 13.2 Å². The van der Waals surface area contributed by atoms with Crippen molar-refractivity contribution in [3.05, 3.63) is 65.2 Å². The van der Waals surface area contributed by atoms with Crippen molar-refractivity contribution in [1.82, 2.24) is 10.6 Å². The Labute approximate surface area is 180 Å². The lowest BCUT2D eigenvalue weighted by atomic mass is 10.1. The molecule has 2 amide bonds. The Kier molecular flexibility index (Phi) is 8.76. The second kappa shape index (κ2) is 11.1. The maximum Gasteiger partial charge on any atom is 0.422 e. The number of rotatable bonds is 9. The molecule has 0 saturated heterocycles. The molecule has 2 N–H and O–H groups in total. The molecule has 176 valence electrons. The number of urea groups is 1. The summed E-state index contributed by atoms with van der Waals surface area (Å²) in [6.07, 6.45) is -8.80. The van der Waals surface area contributed by atoms with Gasteiger partial charge >= 0.3 is 18.4 Å². The minimum absolute atomic E-state index is 0.0648. The first-order valence-corrected chi connectivity index (χ1v) is 9.47. The predicted molar refractivity (Wildman–Crippen MR) is 104 cm³/mol. The first kappa shape index (κ1) is 25.3. The molecule has 0 fully saturated rings. The lowest BCUT2D eigenvalue weighted by molar-refractivity contribution is -0.176. The molecule has 0 bridgehead atoms. The van der Waals surface area contributed by atoms with Crippen molar-refractivity contribution in [1.29, 1.82) is 0 Å². The number of benzene rings is 2. The van der Waals surface area contributed by atoms with Gasteiger partial charge < -0.3 is 20.1 Å². The molecule has 0 spiro atoms. The van der Waals surface area contributed by atoms with Gasteiger partial charge in [-0.3, -0.25) is 0 Å². The Balaban J connectivity index is 1.75. The highest BCUT2D eigenvalue weighted by atomic mass is 19.4. The SMILES string of the molecule is CC(NC(=O)NCc1ccc(COCC(F)(F)F)cc1)c1ccc(OCC(F)(F)F)cc1. The van der Waals surface area contributed by atoms with E-state index in [1.54, 1.807) is 43.3 Å². The van der Waals surface area contributed by atoms with Crippen LogP contribution in [0.2, 0.25) is 0 Å². The van der Waals surface area contributed by atoms with Gasteiger partial charge in [0.1, 0.15) is 12.4 Å². The Hall–Kier alpha value is -2.95. The highest BCUT2D eigenvalue weighted by molar-refractivity contribution is 5.74. The third-order valence-corrected chi connectivity index (χ3v) is 4.14. The van der Waals surface area contributed by atoms with Gasteiger partial charge in [-0.15, -0.1) is 0 Å². The van der Waals surface area contributed by atoms with Gasteiger partial charge in [-0.05, 0) is 35.7 Å². The zero-order valence-corrected chi connectivity index (χ0v) is 17.0.